The Morgan fingerprint density at radius 3 is 2.16 bits per heavy atom. The molecule has 7 heteroatoms. The van der Waals surface area contributed by atoms with Crippen LogP contribution in [0.2, 0.25) is 0 Å². The number of hydrogen-bond acceptors (Lipinski definition) is 6. The fraction of sp³-hybridized carbons (Fsp3) is 0.278. The van der Waals surface area contributed by atoms with Crippen molar-refractivity contribution in [1.82, 2.24) is 0 Å². The Balaban J connectivity index is 2.61. The van der Waals surface area contributed by atoms with Crippen LogP contribution in [0.4, 0.5) is 0 Å². The minimum atomic E-state index is -2.59. The van der Waals surface area contributed by atoms with E-state index in [-0.39, 0.29) is 24.3 Å². The first-order valence-electron chi connectivity index (χ1n) is 7.85. The lowest BCUT2D eigenvalue weighted by Gasteiger charge is -2.15. The largest absolute Gasteiger partial charge is 0.392 e. The number of carbonyl (C=O) groups is 1. The van der Waals surface area contributed by atoms with Gasteiger partial charge >= 0.3 is 0 Å². The number of aliphatic hydroxyl groups is 3. The molecule has 2 aromatic rings. The maximum absolute atomic E-state index is 13.1. The zero-order valence-corrected chi connectivity index (χ0v) is 14.9. The Morgan fingerprint density at radius 2 is 1.64 bits per heavy atom. The third kappa shape index (κ3) is 4.24. The van der Waals surface area contributed by atoms with Crippen LogP contribution >= 0.6 is 8.03 Å². The van der Waals surface area contributed by atoms with Crippen LogP contribution in [0.3, 0.4) is 0 Å². The summed E-state index contributed by atoms with van der Waals surface area (Å²) < 4.78 is 17.5. The van der Waals surface area contributed by atoms with Gasteiger partial charge in [-0.1, -0.05) is 30.3 Å². The highest BCUT2D eigenvalue weighted by Gasteiger charge is 2.22. The Bertz CT molecular complexity index is 762. The van der Waals surface area contributed by atoms with Gasteiger partial charge in [-0.15, -0.1) is 0 Å². The third-order valence-electron chi connectivity index (χ3n) is 3.78. The molecule has 134 valence electrons. The van der Waals surface area contributed by atoms with E-state index < -0.39 is 27.0 Å². The Morgan fingerprint density at radius 1 is 1.04 bits per heavy atom. The molecule has 6 nitrogen and oxygen atoms in total. The molecule has 2 rings (SSSR count). The number of aliphatic hydroxyl groups excluding tert-OH is 3. The second-order valence-electron chi connectivity index (χ2n) is 5.36. The summed E-state index contributed by atoms with van der Waals surface area (Å²) in [5, 5.41) is 28.8. The first-order chi connectivity index (χ1) is 12.1. The molecule has 0 saturated carbocycles. The van der Waals surface area contributed by atoms with E-state index in [2.05, 4.69) is 0 Å². The van der Waals surface area contributed by atoms with E-state index in [4.69, 9.17) is 4.52 Å². The molecule has 0 saturated heterocycles. The van der Waals surface area contributed by atoms with Gasteiger partial charge in [0.25, 0.3) is 0 Å². The van der Waals surface area contributed by atoms with E-state index in [1.54, 1.807) is 31.2 Å². The van der Waals surface area contributed by atoms with Gasteiger partial charge in [0.15, 0.2) is 5.78 Å². The van der Waals surface area contributed by atoms with E-state index in [9.17, 15) is 24.7 Å². The van der Waals surface area contributed by atoms with E-state index in [1.165, 1.54) is 12.1 Å². The third-order valence-corrected chi connectivity index (χ3v) is 5.21. The van der Waals surface area contributed by atoms with Gasteiger partial charge in [0.05, 0.1) is 26.4 Å². The second kappa shape index (κ2) is 9.04. The molecule has 1 unspecified atom stereocenters. The molecule has 0 radical (unpaired) electrons. The Labute approximate surface area is 146 Å². The van der Waals surface area contributed by atoms with Crippen LogP contribution in [0, 0.1) is 0 Å². The number of hydrogen-bond donors (Lipinski definition) is 3. The van der Waals surface area contributed by atoms with Crippen molar-refractivity contribution in [2.45, 2.75) is 26.7 Å². The van der Waals surface area contributed by atoms with Crippen LogP contribution < -0.4 is 5.30 Å². The molecule has 3 N–H and O–H groups in total. The number of rotatable bonds is 8. The predicted molar refractivity (Wildman–Crippen MR) is 94.3 cm³/mol. The summed E-state index contributed by atoms with van der Waals surface area (Å²) in [7, 11) is -2.59. The topological polar surface area (TPSA) is 104 Å². The van der Waals surface area contributed by atoms with E-state index in [0.717, 1.165) is 0 Å². The van der Waals surface area contributed by atoms with E-state index in [1.807, 2.05) is 0 Å². The number of carbonyl (C=O) groups excluding carboxylic acids is 1. The maximum Gasteiger partial charge on any atom is 0.221 e. The maximum atomic E-state index is 13.1. The first-order valence-corrected chi connectivity index (χ1v) is 9.17. The molecule has 25 heavy (non-hydrogen) atoms. The Hall–Kier alpha value is -1.82. The minimum Gasteiger partial charge on any atom is -0.392 e. The van der Waals surface area contributed by atoms with Crippen LogP contribution in [0.15, 0.2) is 36.4 Å². The van der Waals surface area contributed by atoms with Crippen molar-refractivity contribution in [2.24, 2.45) is 0 Å². The van der Waals surface area contributed by atoms with E-state index >= 15 is 0 Å². The van der Waals surface area contributed by atoms with Gasteiger partial charge < -0.3 is 19.8 Å². The smallest absolute Gasteiger partial charge is 0.221 e. The van der Waals surface area contributed by atoms with Crippen molar-refractivity contribution in [3.8, 4) is 0 Å². The summed E-state index contributed by atoms with van der Waals surface area (Å²) in [6.45, 7) is 0.849. The van der Waals surface area contributed by atoms with Crippen LogP contribution in [-0.2, 0) is 28.9 Å². The monoisotopic (exact) mass is 364 g/mol. The quantitative estimate of drug-likeness (QED) is 0.485. The fourth-order valence-electron chi connectivity index (χ4n) is 2.67. The van der Waals surface area contributed by atoms with Crippen LogP contribution in [0.1, 0.15) is 39.5 Å². The molecular formula is C18H21O6P. The standard InChI is InChI=1S/C18H21O6P/c1-2-24-25(23)16-6-4-3-5-15(16)18(22)17-13(10-20)7-12(9-19)8-14(17)11-21/h3-8,19-21,25H,2,9-11H2,1H3. The minimum absolute atomic E-state index is 0.154. The number of benzene rings is 2. The first kappa shape index (κ1) is 19.5. The molecule has 1 atom stereocenters. The predicted octanol–water partition coefficient (Wildman–Crippen LogP) is 1.53. The molecule has 0 aromatic heterocycles. The zero-order chi connectivity index (χ0) is 18.4. The fourth-order valence-corrected chi connectivity index (χ4v) is 3.74. The molecule has 0 bridgehead atoms. The normalized spacial score (nSPS) is 12.2. The molecule has 0 fully saturated rings. The van der Waals surface area contributed by atoms with Crippen molar-refractivity contribution >= 4 is 19.1 Å². The molecule has 0 amide bonds. The van der Waals surface area contributed by atoms with Gasteiger partial charge in [-0.3, -0.25) is 9.36 Å². The molecule has 2 aromatic carbocycles. The lowest BCUT2D eigenvalue weighted by Crippen LogP contribution is -2.18. The summed E-state index contributed by atoms with van der Waals surface area (Å²) in [5.74, 6) is -0.453. The SMILES string of the molecule is CCO[PH](=O)c1ccccc1C(=O)c1c(CO)cc(CO)cc1CO. The van der Waals surface area contributed by atoms with E-state index in [0.29, 0.717) is 22.0 Å². The molecular weight excluding hydrogens is 343 g/mol. The van der Waals surface area contributed by atoms with Gasteiger partial charge in [0, 0.05) is 16.4 Å². The zero-order valence-electron chi connectivity index (χ0n) is 13.9. The average molecular weight is 364 g/mol. The summed E-state index contributed by atoms with van der Waals surface area (Å²) in [5.41, 5.74) is 1.45. The summed E-state index contributed by atoms with van der Waals surface area (Å²) >= 11 is 0. The summed E-state index contributed by atoms with van der Waals surface area (Å²) in [6.07, 6.45) is 0. The van der Waals surface area contributed by atoms with Crippen molar-refractivity contribution in [2.75, 3.05) is 6.61 Å². The van der Waals surface area contributed by atoms with Gasteiger partial charge in [-0.05, 0) is 29.7 Å². The van der Waals surface area contributed by atoms with Crippen molar-refractivity contribution in [3.05, 3.63) is 64.2 Å². The Kier molecular flexibility index (Phi) is 7.05. The lowest BCUT2D eigenvalue weighted by atomic mass is 9.92. The molecule has 0 aliphatic rings. The lowest BCUT2D eigenvalue weighted by molar-refractivity contribution is 0.103. The van der Waals surface area contributed by atoms with Gasteiger partial charge in [-0.2, -0.15) is 0 Å². The molecule has 0 spiro atoms. The highest BCUT2D eigenvalue weighted by atomic mass is 31.1. The second-order valence-corrected chi connectivity index (χ2v) is 6.76. The summed E-state index contributed by atoms with van der Waals surface area (Å²) in [6, 6.07) is 9.46. The van der Waals surface area contributed by atoms with Crippen molar-refractivity contribution in [3.63, 3.8) is 0 Å². The molecule has 0 aliphatic carbocycles. The van der Waals surface area contributed by atoms with Gasteiger partial charge in [-0.25, -0.2) is 0 Å². The molecule has 0 aliphatic heterocycles. The van der Waals surface area contributed by atoms with Crippen LogP contribution in [0.25, 0.3) is 0 Å². The number of ketones is 1. The summed E-state index contributed by atoms with van der Waals surface area (Å²) in [4.78, 5) is 13.1. The van der Waals surface area contributed by atoms with Crippen LogP contribution in [-0.4, -0.2) is 27.7 Å². The van der Waals surface area contributed by atoms with Crippen molar-refractivity contribution < 1.29 is 29.2 Å². The van der Waals surface area contributed by atoms with Crippen LogP contribution in [0.5, 0.6) is 0 Å². The highest BCUT2D eigenvalue weighted by molar-refractivity contribution is 7.48. The molecule has 0 heterocycles. The van der Waals surface area contributed by atoms with Gasteiger partial charge in [0.1, 0.15) is 0 Å². The average Bonchev–Trinajstić information content (AvgIpc) is 2.66. The van der Waals surface area contributed by atoms with Gasteiger partial charge in [0.2, 0.25) is 8.03 Å². The van der Waals surface area contributed by atoms with Crippen molar-refractivity contribution in [1.29, 1.82) is 0 Å². The highest BCUT2D eigenvalue weighted by Crippen LogP contribution is 2.27.